The number of benzene rings is 2. The van der Waals surface area contributed by atoms with Crippen LogP contribution in [0.3, 0.4) is 0 Å². The van der Waals surface area contributed by atoms with Crippen LogP contribution in [0.2, 0.25) is 0 Å². The first-order valence-corrected chi connectivity index (χ1v) is 6.94. The van der Waals surface area contributed by atoms with Crippen molar-refractivity contribution in [2.45, 2.75) is 17.3 Å². The van der Waals surface area contributed by atoms with Crippen LogP contribution < -0.4 is 4.74 Å². The van der Waals surface area contributed by atoms with Gasteiger partial charge in [0.05, 0.1) is 0 Å². The van der Waals surface area contributed by atoms with Crippen LogP contribution in [0, 0.1) is 0 Å². The molecule has 0 fully saturated rings. The molecule has 0 aromatic heterocycles. The van der Waals surface area contributed by atoms with Crippen LogP contribution in [-0.2, 0) is 4.79 Å². The van der Waals surface area contributed by atoms with Gasteiger partial charge in [0.25, 0.3) is 0 Å². The number of rotatable bonds is 3. The first-order chi connectivity index (χ1) is 8.61. The van der Waals surface area contributed by atoms with Crippen molar-refractivity contribution in [1.29, 1.82) is 0 Å². The summed E-state index contributed by atoms with van der Waals surface area (Å²) in [6.45, 7) is 1.93. The second-order valence-electron chi connectivity index (χ2n) is 3.96. The van der Waals surface area contributed by atoms with E-state index in [9.17, 15) is 9.90 Å². The summed E-state index contributed by atoms with van der Waals surface area (Å²) in [7, 11) is 0. The molecule has 2 aromatic rings. The van der Waals surface area contributed by atoms with Crippen molar-refractivity contribution in [2.24, 2.45) is 0 Å². The maximum atomic E-state index is 11.8. The highest BCUT2D eigenvalue weighted by Gasteiger charge is 2.16. The summed E-state index contributed by atoms with van der Waals surface area (Å²) in [5, 5.41) is 11.3. The topological polar surface area (TPSA) is 46.5 Å². The molecule has 94 valence electrons. The molecule has 0 aliphatic carbocycles. The van der Waals surface area contributed by atoms with E-state index in [1.165, 1.54) is 6.07 Å². The van der Waals surface area contributed by atoms with Crippen LogP contribution in [0.1, 0.15) is 13.3 Å². The zero-order chi connectivity index (χ0) is 13.1. The number of carbonyl (C=O) groups is 1. The molecule has 1 unspecified atom stereocenters. The Labute approximate surface area is 119 Å². The molecule has 18 heavy (non-hydrogen) atoms. The maximum absolute atomic E-state index is 11.8. The van der Waals surface area contributed by atoms with Crippen molar-refractivity contribution in [2.75, 3.05) is 0 Å². The fourth-order valence-electron chi connectivity index (χ4n) is 1.68. The van der Waals surface area contributed by atoms with Crippen LogP contribution in [0.15, 0.2) is 36.4 Å². The third-order valence-corrected chi connectivity index (χ3v) is 4.02. The number of phenolic OH excluding ortho intramolecular Hbond substituents is 1. The van der Waals surface area contributed by atoms with Crippen molar-refractivity contribution >= 4 is 39.3 Å². The van der Waals surface area contributed by atoms with E-state index in [-0.39, 0.29) is 15.6 Å². The molecule has 0 radical (unpaired) electrons. The molecule has 0 amide bonds. The second-order valence-corrected chi connectivity index (χ2v) is 5.47. The summed E-state index contributed by atoms with van der Waals surface area (Å²) < 4.78 is 5.18. The molecule has 4 heteroatoms. The molecule has 2 rings (SSSR count). The average Bonchev–Trinajstić information content (AvgIpc) is 2.37. The van der Waals surface area contributed by atoms with Gasteiger partial charge in [-0.15, -0.1) is 0 Å². The fraction of sp³-hybridized carbons (Fsp3) is 0.214. The fourth-order valence-corrected chi connectivity index (χ4v) is 1.81. The lowest BCUT2D eigenvalue weighted by atomic mass is 10.1. The Morgan fingerprint density at radius 3 is 2.83 bits per heavy atom. The number of alkyl halides is 1. The normalized spacial score (nSPS) is 12.3. The van der Waals surface area contributed by atoms with Crippen molar-refractivity contribution in [3.63, 3.8) is 0 Å². The zero-order valence-electron chi connectivity index (χ0n) is 9.89. The molecule has 0 aliphatic heterocycles. The SMILES string of the molecule is CCC(I)C(=O)Oc1cc(O)cc2ccccc12. The van der Waals surface area contributed by atoms with Gasteiger partial charge in [-0.1, -0.05) is 53.8 Å². The van der Waals surface area contributed by atoms with E-state index in [4.69, 9.17) is 4.74 Å². The van der Waals surface area contributed by atoms with Gasteiger partial charge in [0.2, 0.25) is 0 Å². The van der Waals surface area contributed by atoms with Gasteiger partial charge in [0.15, 0.2) is 0 Å². The van der Waals surface area contributed by atoms with Crippen molar-refractivity contribution < 1.29 is 14.6 Å². The summed E-state index contributed by atoms with van der Waals surface area (Å²) >= 11 is 2.05. The lowest BCUT2D eigenvalue weighted by Gasteiger charge is -2.10. The number of phenols is 1. The molecule has 1 atom stereocenters. The van der Waals surface area contributed by atoms with E-state index in [0.717, 1.165) is 17.2 Å². The lowest BCUT2D eigenvalue weighted by Crippen LogP contribution is -2.19. The molecular formula is C14H13IO3. The predicted octanol–water partition coefficient (Wildman–Crippen LogP) is 3.66. The minimum absolute atomic E-state index is 0.0954. The van der Waals surface area contributed by atoms with Gasteiger partial charge in [-0.05, 0) is 17.9 Å². The number of halogens is 1. The Balaban J connectivity index is 2.41. The summed E-state index contributed by atoms with van der Waals surface area (Å²) in [6.07, 6.45) is 0.718. The summed E-state index contributed by atoms with van der Waals surface area (Å²) in [6, 6.07) is 10.6. The van der Waals surface area contributed by atoms with Crippen molar-refractivity contribution in [3.8, 4) is 11.5 Å². The third-order valence-electron chi connectivity index (χ3n) is 2.63. The van der Waals surface area contributed by atoms with E-state index >= 15 is 0 Å². The van der Waals surface area contributed by atoms with E-state index in [1.807, 2.05) is 31.2 Å². The zero-order valence-corrected chi connectivity index (χ0v) is 12.0. The summed E-state index contributed by atoms with van der Waals surface area (Å²) in [5.41, 5.74) is 0. The van der Waals surface area contributed by atoms with Gasteiger partial charge in [0, 0.05) is 11.5 Å². The van der Waals surface area contributed by atoms with Crippen LogP contribution >= 0.6 is 22.6 Å². The molecule has 1 N–H and O–H groups in total. The Kier molecular flexibility index (Phi) is 4.06. The Morgan fingerprint density at radius 2 is 2.11 bits per heavy atom. The lowest BCUT2D eigenvalue weighted by molar-refractivity contribution is -0.133. The highest BCUT2D eigenvalue weighted by molar-refractivity contribution is 14.1. The highest BCUT2D eigenvalue weighted by Crippen LogP contribution is 2.31. The van der Waals surface area contributed by atoms with Gasteiger partial charge < -0.3 is 9.84 Å². The number of carbonyl (C=O) groups excluding carboxylic acids is 1. The first-order valence-electron chi connectivity index (χ1n) is 5.69. The van der Waals surface area contributed by atoms with Gasteiger partial charge in [0.1, 0.15) is 15.4 Å². The largest absolute Gasteiger partial charge is 0.508 e. The van der Waals surface area contributed by atoms with Gasteiger partial charge in [-0.25, -0.2) is 0 Å². The third kappa shape index (κ3) is 2.75. The average molecular weight is 356 g/mol. The predicted molar refractivity (Wildman–Crippen MR) is 79.3 cm³/mol. The summed E-state index contributed by atoms with van der Waals surface area (Å²) in [5.74, 6) is 0.220. The van der Waals surface area contributed by atoms with Crippen LogP contribution in [0.4, 0.5) is 0 Å². The number of hydrogen-bond acceptors (Lipinski definition) is 3. The standard InChI is InChI=1S/C14H13IO3/c1-2-12(15)14(17)18-13-8-10(16)7-9-5-3-4-6-11(9)13/h3-8,12,16H,2H2,1H3. The van der Waals surface area contributed by atoms with Crippen molar-refractivity contribution in [1.82, 2.24) is 0 Å². The smallest absolute Gasteiger partial charge is 0.324 e. The molecule has 3 nitrogen and oxygen atoms in total. The Hall–Kier alpha value is -1.30. The Morgan fingerprint density at radius 1 is 1.39 bits per heavy atom. The van der Waals surface area contributed by atoms with Gasteiger partial charge >= 0.3 is 5.97 Å². The van der Waals surface area contributed by atoms with Crippen LogP contribution in [-0.4, -0.2) is 15.0 Å². The number of fused-ring (bicyclic) bond motifs is 1. The highest BCUT2D eigenvalue weighted by atomic mass is 127. The Bertz CT molecular complexity index is 580. The molecule has 0 saturated heterocycles. The molecule has 0 bridgehead atoms. The van der Waals surface area contributed by atoms with Gasteiger partial charge in [-0.3, -0.25) is 4.79 Å². The minimum atomic E-state index is -0.283. The van der Waals surface area contributed by atoms with Crippen LogP contribution in [0.25, 0.3) is 10.8 Å². The van der Waals surface area contributed by atoms with E-state index in [1.54, 1.807) is 6.07 Å². The number of esters is 1. The quantitative estimate of drug-likeness (QED) is 0.395. The van der Waals surface area contributed by atoms with E-state index < -0.39 is 0 Å². The number of aromatic hydroxyl groups is 1. The monoisotopic (exact) mass is 356 g/mol. The van der Waals surface area contributed by atoms with E-state index in [0.29, 0.717) is 5.75 Å². The minimum Gasteiger partial charge on any atom is -0.508 e. The second kappa shape index (κ2) is 5.56. The van der Waals surface area contributed by atoms with Gasteiger partial charge in [-0.2, -0.15) is 0 Å². The number of hydrogen-bond donors (Lipinski definition) is 1. The molecule has 2 aromatic carbocycles. The molecular weight excluding hydrogens is 343 g/mol. The molecule has 0 saturated carbocycles. The molecule has 0 heterocycles. The summed E-state index contributed by atoms with van der Waals surface area (Å²) in [4.78, 5) is 11.8. The molecule has 0 spiro atoms. The number of ether oxygens (including phenoxy) is 1. The van der Waals surface area contributed by atoms with Crippen LogP contribution in [0.5, 0.6) is 11.5 Å². The maximum Gasteiger partial charge on any atom is 0.324 e. The van der Waals surface area contributed by atoms with Crippen molar-refractivity contribution in [3.05, 3.63) is 36.4 Å². The molecule has 0 aliphatic rings. The first kappa shape index (κ1) is 13.1. The van der Waals surface area contributed by atoms with E-state index in [2.05, 4.69) is 22.6 Å².